The van der Waals surface area contributed by atoms with Crippen LogP contribution in [0.1, 0.15) is 23.0 Å². The van der Waals surface area contributed by atoms with E-state index >= 15 is 0 Å². The topological polar surface area (TPSA) is 83.5 Å². The van der Waals surface area contributed by atoms with E-state index in [2.05, 4.69) is 0 Å². The number of halogens is 1. The number of nitrogens with zero attached hydrogens (tertiary/aromatic N) is 1. The van der Waals surface area contributed by atoms with Crippen molar-refractivity contribution in [3.05, 3.63) is 64.1 Å². The summed E-state index contributed by atoms with van der Waals surface area (Å²) in [6.07, 6.45) is 1.30. The standard InChI is InChI=1S/C15H16N2O4.ClH/c1-2-20-15(19)13-14(12(18)8-9-17(13)16)21-10-11-6-4-3-5-7-11;/h3-9H,2,10,16H2,1H3;1H. The smallest absolute Gasteiger partial charge is 0.360 e. The molecule has 0 aliphatic carbocycles. The predicted octanol–water partition coefficient (Wildman–Crippen LogP) is 1.74. The molecular formula is C15H17ClN2O4. The summed E-state index contributed by atoms with van der Waals surface area (Å²) in [6, 6.07) is 10.5. The third kappa shape index (κ3) is 4.02. The van der Waals surface area contributed by atoms with Crippen molar-refractivity contribution < 1.29 is 14.3 Å². The van der Waals surface area contributed by atoms with E-state index in [0.717, 1.165) is 10.2 Å². The van der Waals surface area contributed by atoms with E-state index in [1.807, 2.05) is 30.3 Å². The van der Waals surface area contributed by atoms with E-state index in [0.29, 0.717) is 0 Å². The number of nitrogen functional groups attached to an aromatic ring is 1. The molecule has 0 amide bonds. The molecule has 0 saturated carbocycles. The molecule has 6 nitrogen and oxygen atoms in total. The van der Waals surface area contributed by atoms with Crippen LogP contribution in [0.4, 0.5) is 0 Å². The van der Waals surface area contributed by atoms with Crippen LogP contribution in [0.3, 0.4) is 0 Å². The van der Waals surface area contributed by atoms with Crippen LogP contribution in [0.25, 0.3) is 0 Å². The number of nitrogens with two attached hydrogens (primary N) is 1. The molecule has 0 saturated heterocycles. The zero-order valence-corrected chi connectivity index (χ0v) is 12.8. The Morgan fingerprint density at radius 3 is 2.55 bits per heavy atom. The first kappa shape index (κ1) is 17.6. The minimum Gasteiger partial charge on any atom is -0.482 e. The number of esters is 1. The monoisotopic (exact) mass is 324 g/mol. The lowest BCUT2D eigenvalue weighted by Crippen LogP contribution is -2.25. The van der Waals surface area contributed by atoms with Gasteiger partial charge in [0, 0.05) is 12.3 Å². The summed E-state index contributed by atoms with van der Waals surface area (Å²) in [7, 11) is 0. The van der Waals surface area contributed by atoms with Crippen LogP contribution in [0.15, 0.2) is 47.4 Å². The van der Waals surface area contributed by atoms with Gasteiger partial charge in [-0.15, -0.1) is 12.4 Å². The maximum Gasteiger partial charge on any atom is 0.360 e. The quantitative estimate of drug-likeness (QED) is 0.669. The second kappa shape index (κ2) is 8.09. The minimum absolute atomic E-state index is 0. The first-order valence-electron chi connectivity index (χ1n) is 6.48. The summed E-state index contributed by atoms with van der Waals surface area (Å²) in [6.45, 7) is 2.01. The van der Waals surface area contributed by atoms with Crippen LogP contribution >= 0.6 is 12.4 Å². The molecule has 22 heavy (non-hydrogen) atoms. The average molecular weight is 325 g/mol. The molecule has 1 heterocycles. The Balaban J connectivity index is 0.00000242. The number of hydrogen-bond donors (Lipinski definition) is 1. The van der Waals surface area contributed by atoms with Crippen LogP contribution < -0.4 is 16.0 Å². The number of benzene rings is 1. The lowest BCUT2D eigenvalue weighted by atomic mass is 10.2. The van der Waals surface area contributed by atoms with Crippen molar-refractivity contribution >= 4 is 18.4 Å². The van der Waals surface area contributed by atoms with Gasteiger partial charge in [0.1, 0.15) is 6.61 Å². The molecule has 2 aromatic rings. The molecule has 0 aliphatic heterocycles. The molecule has 1 aromatic heterocycles. The molecule has 2 rings (SSSR count). The number of ether oxygens (including phenoxy) is 2. The van der Waals surface area contributed by atoms with Gasteiger partial charge < -0.3 is 15.3 Å². The van der Waals surface area contributed by atoms with Crippen molar-refractivity contribution in [2.45, 2.75) is 13.5 Å². The van der Waals surface area contributed by atoms with Crippen molar-refractivity contribution in [3.8, 4) is 5.75 Å². The number of carbonyl (C=O) groups is 1. The largest absolute Gasteiger partial charge is 0.482 e. The van der Waals surface area contributed by atoms with Crippen LogP contribution in [0.5, 0.6) is 5.75 Å². The van der Waals surface area contributed by atoms with Crippen molar-refractivity contribution in [2.75, 3.05) is 12.4 Å². The highest BCUT2D eigenvalue weighted by atomic mass is 35.5. The molecular weight excluding hydrogens is 308 g/mol. The van der Waals surface area contributed by atoms with Gasteiger partial charge in [-0.25, -0.2) is 4.79 Å². The summed E-state index contributed by atoms with van der Waals surface area (Å²) in [5.74, 6) is 4.88. The number of aromatic nitrogens is 1. The second-order valence-corrected chi connectivity index (χ2v) is 4.26. The lowest BCUT2D eigenvalue weighted by molar-refractivity contribution is 0.0509. The van der Waals surface area contributed by atoms with Crippen molar-refractivity contribution in [3.63, 3.8) is 0 Å². The molecule has 1 aromatic carbocycles. The molecule has 0 atom stereocenters. The first-order chi connectivity index (χ1) is 10.1. The van der Waals surface area contributed by atoms with Gasteiger partial charge in [-0.05, 0) is 12.5 Å². The third-order valence-corrected chi connectivity index (χ3v) is 2.78. The summed E-state index contributed by atoms with van der Waals surface area (Å²) in [5.41, 5.74) is 0.357. The molecule has 7 heteroatoms. The fraction of sp³-hybridized carbons (Fsp3) is 0.200. The normalized spacial score (nSPS) is 9.68. The second-order valence-electron chi connectivity index (χ2n) is 4.26. The van der Waals surface area contributed by atoms with Crippen molar-refractivity contribution in [1.82, 2.24) is 4.68 Å². The number of carbonyl (C=O) groups excluding carboxylic acids is 1. The Hall–Kier alpha value is -2.47. The van der Waals surface area contributed by atoms with Gasteiger partial charge in [0.05, 0.1) is 6.61 Å². The van der Waals surface area contributed by atoms with Gasteiger partial charge in [-0.1, -0.05) is 30.3 Å². The summed E-state index contributed by atoms with van der Waals surface area (Å²) < 4.78 is 11.4. The van der Waals surface area contributed by atoms with Crippen LogP contribution in [-0.2, 0) is 11.3 Å². The molecule has 0 spiro atoms. The van der Waals surface area contributed by atoms with Gasteiger partial charge in [0.25, 0.3) is 0 Å². The Morgan fingerprint density at radius 1 is 1.23 bits per heavy atom. The molecule has 0 unspecified atom stereocenters. The summed E-state index contributed by atoms with van der Waals surface area (Å²) >= 11 is 0. The highest BCUT2D eigenvalue weighted by molar-refractivity contribution is 5.90. The molecule has 2 N–H and O–H groups in total. The van der Waals surface area contributed by atoms with E-state index in [4.69, 9.17) is 15.3 Å². The lowest BCUT2D eigenvalue weighted by Gasteiger charge is -2.13. The summed E-state index contributed by atoms with van der Waals surface area (Å²) in [4.78, 5) is 23.8. The number of pyridine rings is 1. The molecule has 118 valence electrons. The van der Waals surface area contributed by atoms with Crippen LogP contribution in [0.2, 0.25) is 0 Å². The molecule has 0 fully saturated rings. The van der Waals surface area contributed by atoms with Crippen molar-refractivity contribution in [2.24, 2.45) is 0 Å². The Kier molecular flexibility index (Phi) is 6.47. The highest BCUT2D eigenvalue weighted by Gasteiger charge is 2.20. The van der Waals surface area contributed by atoms with Crippen LogP contribution in [0, 0.1) is 0 Å². The zero-order valence-electron chi connectivity index (χ0n) is 12.0. The maximum absolute atomic E-state index is 11.9. The first-order valence-corrected chi connectivity index (χ1v) is 6.48. The minimum atomic E-state index is -0.694. The number of hydrogen-bond acceptors (Lipinski definition) is 5. The SMILES string of the molecule is CCOC(=O)c1c(OCc2ccccc2)c(=O)ccn1N.Cl. The van der Waals surface area contributed by atoms with Gasteiger partial charge in [0.2, 0.25) is 5.43 Å². The van der Waals surface area contributed by atoms with Crippen LogP contribution in [-0.4, -0.2) is 17.3 Å². The van der Waals surface area contributed by atoms with E-state index in [1.165, 1.54) is 12.3 Å². The van der Waals surface area contributed by atoms with Crippen molar-refractivity contribution in [1.29, 1.82) is 0 Å². The molecule has 0 bridgehead atoms. The number of rotatable bonds is 5. The van der Waals surface area contributed by atoms with E-state index < -0.39 is 11.4 Å². The van der Waals surface area contributed by atoms with E-state index in [9.17, 15) is 9.59 Å². The fourth-order valence-electron chi connectivity index (χ4n) is 1.80. The third-order valence-electron chi connectivity index (χ3n) is 2.78. The van der Waals surface area contributed by atoms with Gasteiger partial charge >= 0.3 is 5.97 Å². The zero-order chi connectivity index (χ0) is 15.2. The summed E-state index contributed by atoms with van der Waals surface area (Å²) in [5, 5.41) is 0. The van der Waals surface area contributed by atoms with E-state index in [1.54, 1.807) is 6.92 Å². The Bertz CT molecular complexity index is 686. The van der Waals surface area contributed by atoms with Gasteiger partial charge in [-0.3, -0.25) is 9.47 Å². The van der Waals surface area contributed by atoms with Gasteiger partial charge in [0.15, 0.2) is 11.4 Å². The maximum atomic E-state index is 11.9. The fourth-order valence-corrected chi connectivity index (χ4v) is 1.80. The average Bonchev–Trinajstić information content (AvgIpc) is 2.49. The van der Waals surface area contributed by atoms with Gasteiger partial charge in [-0.2, -0.15) is 0 Å². The molecule has 0 aliphatic rings. The Labute approximate surface area is 133 Å². The highest BCUT2D eigenvalue weighted by Crippen LogP contribution is 2.15. The predicted molar refractivity (Wildman–Crippen MR) is 84.8 cm³/mol. The van der Waals surface area contributed by atoms with E-state index in [-0.39, 0.29) is 37.1 Å². The Morgan fingerprint density at radius 2 is 1.91 bits per heavy atom. The molecule has 0 radical (unpaired) electrons.